The standard InChI is InChI=1S/C15H16F2N2/c1-10(18)12-9-11(16)7-8-14(12)19(2)15-6-4-3-5-13(15)17/h3-10H,18H2,1-2H3. The van der Waals surface area contributed by atoms with E-state index in [1.165, 1.54) is 18.2 Å². The molecular weight excluding hydrogens is 246 g/mol. The first-order chi connectivity index (χ1) is 9.00. The molecule has 100 valence electrons. The highest BCUT2D eigenvalue weighted by molar-refractivity contribution is 5.66. The number of benzene rings is 2. The van der Waals surface area contributed by atoms with Gasteiger partial charge in [0.1, 0.15) is 11.6 Å². The number of anilines is 2. The Labute approximate surface area is 111 Å². The second-order valence-corrected chi connectivity index (χ2v) is 4.50. The maximum absolute atomic E-state index is 13.8. The molecule has 1 atom stereocenters. The number of nitrogens with zero attached hydrogens (tertiary/aromatic N) is 1. The lowest BCUT2D eigenvalue weighted by molar-refractivity contribution is 0.621. The van der Waals surface area contributed by atoms with Gasteiger partial charge in [0.05, 0.1) is 5.69 Å². The predicted molar refractivity (Wildman–Crippen MR) is 73.5 cm³/mol. The quantitative estimate of drug-likeness (QED) is 0.912. The first-order valence-corrected chi connectivity index (χ1v) is 6.04. The van der Waals surface area contributed by atoms with Gasteiger partial charge >= 0.3 is 0 Å². The zero-order valence-electron chi connectivity index (χ0n) is 10.9. The molecular formula is C15H16F2N2. The van der Waals surface area contributed by atoms with Crippen LogP contribution in [0.4, 0.5) is 20.2 Å². The van der Waals surface area contributed by atoms with Crippen molar-refractivity contribution >= 4 is 11.4 Å². The van der Waals surface area contributed by atoms with Crippen LogP contribution in [-0.2, 0) is 0 Å². The van der Waals surface area contributed by atoms with Gasteiger partial charge in [0.15, 0.2) is 0 Å². The molecule has 0 bridgehead atoms. The fourth-order valence-electron chi connectivity index (χ4n) is 2.05. The molecule has 0 spiro atoms. The number of nitrogens with two attached hydrogens (primary N) is 1. The van der Waals surface area contributed by atoms with E-state index in [0.29, 0.717) is 16.9 Å². The van der Waals surface area contributed by atoms with Crippen LogP contribution in [0.5, 0.6) is 0 Å². The van der Waals surface area contributed by atoms with Crippen molar-refractivity contribution < 1.29 is 8.78 Å². The summed E-state index contributed by atoms with van der Waals surface area (Å²) >= 11 is 0. The molecule has 0 amide bonds. The van der Waals surface area contributed by atoms with Gasteiger partial charge in [0.2, 0.25) is 0 Å². The maximum atomic E-state index is 13.8. The third-order valence-electron chi connectivity index (χ3n) is 3.06. The van der Waals surface area contributed by atoms with Crippen LogP contribution in [0.15, 0.2) is 42.5 Å². The average Bonchev–Trinajstić information content (AvgIpc) is 2.38. The van der Waals surface area contributed by atoms with E-state index in [1.807, 2.05) is 0 Å². The Morgan fingerprint density at radius 3 is 2.37 bits per heavy atom. The van der Waals surface area contributed by atoms with E-state index in [1.54, 1.807) is 43.1 Å². The molecule has 0 aliphatic carbocycles. The van der Waals surface area contributed by atoms with Gasteiger partial charge in [-0.1, -0.05) is 12.1 Å². The van der Waals surface area contributed by atoms with Gasteiger partial charge in [-0.15, -0.1) is 0 Å². The lowest BCUT2D eigenvalue weighted by Crippen LogP contribution is -2.17. The third kappa shape index (κ3) is 2.74. The van der Waals surface area contributed by atoms with Crippen molar-refractivity contribution in [3.8, 4) is 0 Å². The Morgan fingerprint density at radius 1 is 1.05 bits per heavy atom. The summed E-state index contributed by atoms with van der Waals surface area (Å²) in [5.74, 6) is -0.678. The second kappa shape index (κ2) is 5.36. The Balaban J connectivity index is 2.50. The van der Waals surface area contributed by atoms with Crippen molar-refractivity contribution in [2.75, 3.05) is 11.9 Å². The molecule has 2 rings (SSSR count). The first kappa shape index (κ1) is 13.5. The molecule has 2 aromatic rings. The van der Waals surface area contributed by atoms with Crippen molar-refractivity contribution in [1.29, 1.82) is 0 Å². The van der Waals surface area contributed by atoms with Gasteiger partial charge in [-0.25, -0.2) is 8.78 Å². The van der Waals surface area contributed by atoms with E-state index < -0.39 is 0 Å². The van der Waals surface area contributed by atoms with Crippen LogP contribution in [0.1, 0.15) is 18.5 Å². The minimum atomic E-state index is -0.349. The molecule has 2 nitrogen and oxygen atoms in total. The molecule has 4 heteroatoms. The summed E-state index contributed by atoms with van der Waals surface area (Å²) in [6, 6.07) is 10.5. The minimum Gasteiger partial charge on any atom is -0.342 e. The van der Waals surface area contributed by atoms with Crippen LogP contribution in [0, 0.1) is 11.6 Å². The molecule has 0 aromatic heterocycles. The number of halogens is 2. The summed E-state index contributed by atoms with van der Waals surface area (Å²) in [5.41, 5.74) is 7.62. The van der Waals surface area contributed by atoms with Gasteiger partial charge < -0.3 is 10.6 Å². The van der Waals surface area contributed by atoms with Crippen LogP contribution in [0.2, 0.25) is 0 Å². The smallest absolute Gasteiger partial charge is 0.146 e. The van der Waals surface area contributed by atoms with Gasteiger partial charge in [-0.05, 0) is 42.8 Å². The monoisotopic (exact) mass is 262 g/mol. The van der Waals surface area contributed by atoms with Crippen LogP contribution < -0.4 is 10.6 Å². The van der Waals surface area contributed by atoms with Crippen molar-refractivity contribution in [2.24, 2.45) is 5.73 Å². The van der Waals surface area contributed by atoms with Crippen molar-refractivity contribution in [1.82, 2.24) is 0 Å². The van der Waals surface area contributed by atoms with Crippen LogP contribution in [0.25, 0.3) is 0 Å². The van der Waals surface area contributed by atoms with E-state index in [4.69, 9.17) is 5.73 Å². The summed E-state index contributed by atoms with van der Waals surface area (Å²) in [6.07, 6.45) is 0. The topological polar surface area (TPSA) is 29.3 Å². The zero-order valence-corrected chi connectivity index (χ0v) is 10.9. The van der Waals surface area contributed by atoms with E-state index in [2.05, 4.69) is 0 Å². The lowest BCUT2D eigenvalue weighted by atomic mass is 10.1. The Bertz CT molecular complexity index is 582. The molecule has 0 aliphatic heterocycles. The Hall–Kier alpha value is -1.94. The maximum Gasteiger partial charge on any atom is 0.146 e. The van der Waals surface area contributed by atoms with Gasteiger partial charge in [-0.3, -0.25) is 0 Å². The van der Waals surface area contributed by atoms with Gasteiger partial charge in [0.25, 0.3) is 0 Å². The first-order valence-electron chi connectivity index (χ1n) is 6.04. The summed E-state index contributed by atoms with van der Waals surface area (Å²) in [4.78, 5) is 1.67. The van der Waals surface area contributed by atoms with E-state index >= 15 is 0 Å². The normalized spacial score (nSPS) is 12.3. The SMILES string of the molecule is CC(N)c1cc(F)ccc1N(C)c1ccccc1F. The molecule has 0 aliphatic rings. The minimum absolute atomic E-state index is 0.329. The van der Waals surface area contributed by atoms with Crippen molar-refractivity contribution in [3.63, 3.8) is 0 Å². The molecule has 0 saturated carbocycles. The molecule has 0 saturated heterocycles. The zero-order chi connectivity index (χ0) is 14.0. The van der Waals surface area contributed by atoms with E-state index in [-0.39, 0.29) is 17.7 Å². The molecule has 0 heterocycles. The molecule has 0 fully saturated rings. The summed E-state index contributed by atoms with van der Waals surface area (Å²) in [6.45, 7) is 1.77. The summed E-state index contributed by atoms with van der Waals surface area (Å²) < 4.78 is 27.1. The van der Waals surface area contributed by atoms with Gasteiger partial charge in [-0.2, -0.15) is 0 Å². The Kier molecular flexibility index (Phi) is 3.81. The fourth-order valence-corrected chi connectivity index (χ4v) is 2.05. The highest BCUT2D eigenvalue weighted by Gasteiger charge is 2.15. The van der Waals surface area contributed by atoms with Crippen LogP contribution in [0.3, 0.4) is 0 Å². The Morgan fingerprint density at radius 2 is 1.74 bits per heavy atom. The summed E-state index contributed by atoms with van der Waals surface area (Å²) in [5, 5.41) is 0. The highest BCUT2D eigenvalue weighted by Crippen LogP contribution is 2.31. The molecule has 2 aromatic carbocycles. The number of rotatable bonds is 3. The molecule has 0 radical (unpaired) electrons. The third-order valence-corrected chi connectivity index (χ3v) is 3.06. The van der Waals surface area contributed by atoms with E-state index in [9.17, 15) is 8.78 Å². The van der Waals surface area contributed by atoms with Crippen molar-refractivity contribution in [2.45, 2.75) is 13.0 Å². The van der Waals surface area contributed by atoms with Crippen LogP contribution >= 0.6 is 0 Å². The van der Waals surface area contributed by atoms with Crippen LogP contribution in [-0.4, -0.2) is 7.05 Å². The molecule has 19 heavy (non-hydrogen) atoms. The van der Waals surface area contributed by atoms with Gasteiger partial charge in [0, 0.05) is 18.8 Å². The number of para-hydroxylation sites is 1. The fraction of sp³-hybridized carbons (Fsp3) is 0.200. The van der Waals surface area contributed by atoms with E-state index in [0.717, 1.165) is 0 Å². The predicted octanol–water partition coefficient (Wildman–Crippen LogP) is 3.75. The number of hydrogen-bond acceptors (Lipinski definition) is 2. The summed E-state index contributed by atoms with van der Waals surface area (Å²) in [7, 11) is 1.73. The molecule has 2 N–H and O–H groups in total. The lowest BCUT2D eigenvalue weighted by Gasteiger charge is -2.24. The van der Waals surface area contributed by atoms with Crippen molar-refractivity contribution in [3.05, 3.63) is 59.7 Å². The average molecular weight is 262 g/mol. The molecule has 1 unspecified atom stereocenters. The largest absolute Gasteiger partial charge is 0.342 e. The highest BCUT2D eigenvalue weighted by atomic mass is 19.1. The number of hydrogen-bond donors (Lipinski definition) is 1. The second-order valence-electron chi connectivity index (χ2n) is 4.50.